The summed E-state index contributed by atoms with van der Waals surface area (Å²) in [5, 5.41) is 4.19. The van der Waals surface area contributed by atoms with Gasteiger partial charge in [0, 0.05) is 18.3 Å². The standard InChI is InChI=1S/C24H31N3O2/c1-16-11-22-21(17(2)14-24(3,4)27(22)5)13-19(16)15-25-26-23(28)12-18-7-9-20(29-6)10-8-18/h7-11,13,15,17H,12,14H2,1-6H3,(H,26,28)/b25-15-. The molecule has 154 valence electrons. The number of amides is 1. The molecule has 3 rings (SSSR count). The number of hydrogen-bond donors (Lipinski definition) is 1. The van der Waals surface area contributed by atoms with E-state index < -0.39 is 0 Å². The second kappa shape index (κ2) is 8.27. The molecular formula is C24H31N3O2. The highest BCUT2D eigenvalue weighted by Gasteiger charge is 2.34. The predicted octanol–water partition coefficient (Wildman–Crippen LogP) is 4.42. The molecule has 1 unspecified atom stereocenters. The van der Waals surface area contributed by atoms with Gasteiger partial charge in [0.15, 0.2) is 0 Å². The summed E-state index contributed by atoms with van der Waals surface area (Å²) >= 11 is 0. The van der Waals surface area contributed by atoms with Crippen LogP contribution in [-0.4, -0.2) is 31.8 Å². The normalized spacial score (nSPS) is 17.9. The molecule has 0 spiro atoms. The van der Waals surface area contributed by atoms with Gasteiger partial charge in [0.2, 0.25) is 5.91 Å². The van der Waals surface area contributed by atoms with Gasteiger partial charge in [-0.15, -0.1) is 0 Å². The number of ether oxygens (including phenoxy) is 1. The minimum atomic E-state index is -0.142. The zero-order chi connectivity index (χ0) is 21.2. The van der Waals surface area contributed by atoms with Gasteiger partial charge in [-0.05, 0) is 79.6 Å². The average Bonchev–Trinajstić information content (AvgIpc) is 2.67. The highest BCUT2D eigenvalue weighted by molar-refractivity contribution is 5.86. The van der Waals surface area contributed by atoms with Gasteiger partial charge in [0.25, 0.3) is 0 Å². The van der Waals surface area contributed by atoms with Crippen molar-refractivity contribution in [2.75, 3.05) is 19.1 Å². The summed E-state index contributed by atoms with van der Waals surface area (Å²) < 4.78 is 5.14. The summed E-state index contributed by atoms with van der Waals surface area (Å²) in [6.45, 7) is 8.94. The molecule has 0 aliphatic carbocycles. The number of anilines is 1. The average molecular weight is 394 g/mol. The van der Waals surface area contributed by atoms with E-state index in [4.69, 9.17) is 4.74 Å². The van der Waals surface area contributed by atoms with Gasteiger partial charge in [0.1, 0.15) is 5.75 Å². The van der Waals surface area contributed by atoms with Crippen molar-refractivity contribution in [1.82, 2.24) is 5.43 Å². The molecule has 0 radical (unpaired) electrons. The van der Waals surface area contributed by atoms with Crippen LogP contribution in [-0.2, 0) is 11.2 Å². The summed E-state index contributed by atoms with van der Waals surface area (Å²) in [7, 11) is 3.79. The van der Waals surface area contributed by atoms with E-state index in [1.165, 1.54) is 11.3 Å². The molecule has 2 aromatic carbocycles. The van der Waals surface area contributed by atoms with E-state index in [0.29, 0.717) is 5.92 Å². The fourth-order valence-corrected chi connectivity index (χ4v) is 4.02. The highest BCUT2D eigenvalue weighted by Crippen LogP contribution is 2.43. The molecule has 0 saturated carbocycles. The van der Waals surface area contributed by atoms with Crippen molar-refractivity contribution >= 4 is 17.8 Å². The monoisotopic (exact) mass is 393 g/mol. The quantitative estimate of drug-likeness (QED) is 0.604. The molecule has 1 atom stereocenters. The Morgan fingerprint density at radius 1 is 1.31 bits per heavy atom. The first kappa shape index (κ1) is 20.9. The summed E-state index contributed by atoms with van der Waals surface area (Å²) in [5.74, 6) is 1.11. The number of hydrogen-bond acceptors (Lipinski definition) is 4. The van der Waals surface area contributed by atoms with Crippen LogP contribution in [0.2, 0.25) is 0 Å². The Bertz CT molecular complexity index is 916. The van der Waals surface area contributed by atoms with Crippen molar-refractivity contribution < 1.29 is 9.53 Å². The Morgan fingerprint density at radius 3 is 2.66 bits per heavy atom. The van der Waals surface area contributed by atoms with E-state index in [1.807, 2.05) is 24.3 Å². The van der Waals surface area contributed by atoms with Crippen LogP contribution in [0.15, 0.2) is 41.5 Å². The molecular weight excluding hydrogens is 362 g/mol. The van der Waals surface area contributed by atoms with E-state index in [1.54, 1.807) is 13.3 Å². The molecule has 0 bridgehead atoms. The number of carbonyl (C=O) groups excluding carboxylic acids is 1. The Balaban J connectivity index is 1.69. The van der Waals surface area contributed by atoms with E-state index in [0.717, 1.165) is 28.9 Å². The molecule has 29 heavy (non-hydrogen) atoms. The van der Waals surface area contributed by atoms with Crippen LogP contribution in [0.3, 0.4) is 0 Å². The Hall–Kier alpha value is -2.82. The smallest absolute Gasteiger partial charge is 0.244 e. The first-order valence-corrected chi connectivity index (χ1v) is 10.0. The summed E-state index contributed by atoms with van der Waals surface area (Å²) in [5.41, 5.74) is 8.50. The number of aryl methyl sites for hydroxylation is 1. The van der Waals surface area contributed by atoms with Crippen molar-refractivity contribution in [3.8, 4) is 5.75 Å². The third-order valence-corrected chi connectivity index (χ3v) is 5.94. The van der Waals surface area contributed by atoms with Crippen LogP contribution in [0, 0.1) is 6.92 Å². The predicted molar refractivity (Wildman–Crippen MR) is 119 cm³/mol. The lowest BCUT2D eigenvalue weighted by Gasteiger charge is -2.45. The van der Waals surface area contributed by atoms with Gasteiger partial charge >= 0.3 is 0 Å². The lowest BCUT2D eigenvalue weighted by Crippen LogP contribution is -2.45. The number of carbonyl (C=O) groups is 1. The van der Waals surface area contributed by atoms with Crippen molar-refractivity contribution in [2.24, 2.45) is 5.10 Å². The number of benzene rings is 2. The van der Waals surface area contributed by atoms with Crippen molar-refractivity contribution in [3.05, 3.63) is 58.7 Å². The first-order valence-electron chi connectivity index (χ1n) is 10.0. The molecule has 2 aromatic rings. The third kappa shape index (κ3) is 4.61. The minimum Gasteiger partial charge on any atom is -0.497 e. The lowest BCUT2D eigenvalue weighted by atomic mass is 9.79. The van der Waals surface area contributed by atoms with Gasteiger partial charge in [-0.2, -0.15) is 5.10 Å². The maximum Gasteiger partial charge on any atom is 0.244 e. The Labute approximate surface area is 173 Å². The van der Waals surface area contributed by atoms with E-state index in [9.17, 15) is 4.79 Å². The van der Waals surface area contributed by atoms with Crippen molar-refractivity contribution in [1.29, 1.82) is 0 Å². The van der Waals surface area contributed by atoms with Crippen LogP contribution in [0.25, 0.3) is 0 Å². The zero-order valence-electron chi connectivity index (χ0n) is 18.2. The summed E-state index contributed by atoms with van der Waals surface area (Å²) in [4.78, 5) is 14.5. The van der Waals surface area contributed by atoms with Gasteiger partial charge < -0.3 is 9.64 Å². The second-order valence-electron chi connectivity index (χ2n) is 8.56. The molecule has 0 saturated heterocycles. The van der Waals surface area contributed by atoms with Crippen molar-refractivity contribution in [2.45, 2.75) is 52.0 Å². The van der Waals surface area contributed by atoms with E-state index >= 15 is 0 Å². The molecule has 5 heteroatoms. The van der Waals surface area contributed by atoms with Gasteiger partial charge in [-0.25, -0.2) is 5.43 Å². The van der Waals surface area contributed by atoms with Gasteiger partial charge in [-0.3, -0.25) is 4.79 Å². The van der Waals surface area contributed by atoms with Crippen LogP contribution >= 0.6 is 0 Å². The summed E-state index contributed by atoms with van der Waals surface area (Å²) in [6, 6.07) is 11.9. The van der Waals surface area contributed by atoms with Gasteiger partial charge in [-0.1, -0.05) is 19.1 Å². The Morgan fingerprint density at radius 2 is 2.00 bits per heavy atom. The second-order valence-corrected chi connectivity index (χ2v) is 8.56. The number of fused-ring (bicyclic) bond motifs is 1. The number of nitrogens with zero attached hydrogens (tertiary/aromatic N) is 2. The SMILES string of the molecule is COc1ccc(CC(=O)N/N=C\c2cc3c(cc2C)N(C)C(C)(C)CC3C)cc1. The fourth-order valence-electron chi connectivity index (χ4n) is 4.02. The maximum atomic E-state index is 12.2. The fraction of sp³-hybridized carbons (Fsp3) is 0.417. The Kier molecular flexibility index (Phi) is 5.96. The van der Waals surface area contributed by atoms with Crippen LogP contribution in [0.4, 0.5) is 5.69 Å². The van der Waals surface area contributed by atoms with Gasteiger partial charge in [0.05, 0.1) is 19.7 Å². The number of hydrazone groups is 1. The maximum absolute atomic E-state index is 12.2. The molecule has 1 aliphatic heterocycles. The first-order chi connectivity index (χ1) is 13.7. The lowest BCUT2D eigenvalue weighted by molar-refractivity contribution is -0.120. The molecule has 1 N–H and O–H groups in total. The summed E-state index contributed by atoms with van der Waals surface area (Å²) in [6.07, 6.45) is 3.13. The van der Waals surface area contributed by atoms with E-state index in [2.05, 4.69) is 62.3 Å². The zero-order valence-corrected chi connectivity index (χ0v) is 18.2. The number of rotatable bonds is 5. The third-order valence-electron chi connectivity index (χ3n) is 5.94. The molecule has 1 amide bonds. The van der Waals surface area contributed by atoms with E-state index in [-0.39, 0.29) is 17.9 Å². The highest BCUT2D eigenvalue weighted by atomic mass is 16.5. The molecule has 1 aliphatic rings. The molecule has 5 nitrogen and oxygen atoms in total. The minimum absolute atomic E-state index is 0.142. The van der Waals surface area contributed by atoms with Crippen molar-refractivity contribution in [3.63, 3.8) is 0 Å². The number of methoxy groups -OCH3 is 1. The largest absolute Gasteiger partial charge is 0.497 e. The molecule has 0 aromatic heterocycles. The molecule has 1 heterocycles. The molecule has 0 fully saturated rings. The topological polar surface area (TPSA) is 53.9 Å². The van der Waals surface area contributed by atoms with Crippen LogP contribution < -0.4 is 15.1 Å². The van der Waals surface area contributed by atoms with Crippen LogP contribution in [0.5, 0.6) is 5.75 Å². The number of nitrogens with one attached hydrogen (secondary N) is 1. The van der Waals surface area contributed by atoms with Crippen LogP contribution in [0.1, 0.15) is 55.4 Å².